The van der Waals surface area contributed by atoms with Gasteiger partial charge in [-0.25, -0.2) is 9.79 Å². The Morgan fingerprint density at radius 3 is 2.56 bits per heavy atom. The van der Waals surface area contributed by atoms with E-state index in [2.05, 4.69) is 4.99 Å². The number of carbonyl (C=O) groups excluding carboxylic acids is 1. The summed E-state index contributed by atoms with van der Waals surface area (Å²) >= 11 is 2.80. The van der Waals surface area contributed by atoms with Crippen molar-refractivity contribution in [1.29, 1.82) is 0 Å². The van der Waals surface area contributed by atoms with Gasteiger partial charge >= 0.3 is 5.97 Å². The van der Waals surface area contributed by atoms with Crippen LogP contribution in [0.2, 0.25) is 0 Å². The Kier molecular flexibility index (Phi) is 7.83. The van der Waals surface area contributed by atoms with Crippen molar-refractivity contribution in [2.45, 2.75) is 44.7 Å². The molecule has 9 nitrogen and oxygen atoms in total. The summed E-state index contributed by atoms with van der Waals surface area (Å²) in [5, 5.41) is 11.4. The van der Waals surface area contributed by atoms with Gasteiger partial charge in [-0.05, 0) is 63.8 Å². The largest absolute Gasteiger partial charge is 0.459 e. The van der Waals surface area contributed by atoms with Crippen molar-refractivity contribution in [2.24, 2.45) is 4.99 Å². The number of hydrogen-bond donors (Lipinski definition) is 0. The quantitative estimate of drug-likeness (QED) is 0.123. The van der Waals surface area contributed by atoms with Gasteiger partial charge in [-0.3, -0.25) is 19.5 Å². The molecule has 1 atom stereocenters. The second-order valence-corrected chi connectivity index (χ2v) is 11.6. The van der Waals surface area contributed by atoms with Gasteiger partial charge in [0.1, 0.15) is 11.5 Å². The number of aromatic nitrogens is 1. The Morgan fingerprint density at radius 1 is 1.17 bits per heavy atom. The molecule has 0 N–H and O–H groups in total. The van der Waals surface area contributed by atoms with Crippen LogP contribution in [0.4, 0.5) is 5.69 Å². The summed E-state index contributed by atoms with van der Waals surface area (Å²) in [4.78, 5) is 44.2. The Bertz CT molecular complexity index is 1880. The second-order valence-electron chi connectivity index (χ2n) is 9.72. The summed E-state index contributed by atoms with van der Waals surface area (Å²) in [6, 6.07) is 15.3. The Labute approximate surface area is 243 Å². The Morgan fingerprint density at radius 2 is 1.90 bits per heavy atom. The Balaban J connectivity index is 1.62. The van der Waals surface area contributed by atoms with E-state index in [-0.39, 0.29) is 17.4 Å². The minimum absolute atomic E-state index is 0.00138. The number of benzene rings is 2. The number of fused-ring (bicyclic) bond motifs is 1. The van der Waals surface area contributed by atoms with Gasteiger partial charge in [0.2, 0.25) is 0 Å². The van der Waals surface area contributed by atoms with Crippen molar-refractivity contribution in [3.8, 4) is 11.3 Å². The van der Waals surface area contributed by atoms with E-state index in [1.165, 1.54) is 22.0 Å². The summed E-state index contributed by atoms with van der Waals surface area (Å²) in [6.45, 7) is 6.97. The van der Waals surface area contributed by atoms with Crippen LogP contribution in [0.15, 0.2) is 85.0 Å². The molecule has 0 spiro atoms. The fourth-order valence-corrected chi connectivity index (χ4v) is 6.19. The molecule has 4 aromatic rings. The van der Waals surface area contributed by atoms with E-state index >= 15 is 0 Å². The number of rotatable bonds is 7. The molecule has 0 aliphatic carbocycles. The number of carbonyl (C=O) groups is 1. The van der Waals surface area contributed by atoms with Crippen molar-refractivity contribution in [3.63, 3.8) is 0 Å². The summed E-state index contributed by atoms with van der Waals surface area (Å²) in [5.41, 5.74) is 2.34. The average molecular weight is 590 g/mol. The van der Waals surface area contributed by atoms with Crippen LogP contribution < -0.4 is 14.9 Å². The SMILES string of the molecule is CSc1ccc([C@@H]2C(C(=O)OC(C)C)=C(C)N=c3s/c(=C\c4ccc(-c5cccc([N+](=O)[O-])c5C)o4)c(=O)n32)cc1. The predicted octanol–water partition coefficient (Wildman–Crippen LogP) is 5.39. The molecule has 1 aliphatic rings. The smallest absolute Gasteiger partial charge is 0.338 e. The third-order valence-electron chi connectivity index (χ3n) is 6.68. The molecular weight excluding hydrogens is 562 g/mol. The molecule has 3 heterocycles. The van der Waals surface area contributed by atoms with Crippen molar-refractivity contribution in [2.75, 3.05) is 6.26 Å². The van der Waals surface area contributed by atoms with E-state index < -0.39 is 16.9 Å². The number of allylic oxidation sites excluding steroid dienone is 1. The van der Waals surface area contributed by atoms with Gasteiger partial charge in [0, 0.05) is 28.2 Å². The topological polar surface area (TPSA) is 117 Å². The standard InChI is InChI=1S/C30H27N3O6S2/c1-16(2)38-29(35)26-18(4)31-30-32(27(26)19-9-12-21(40-5)13-10-19)28(34)25(41-30)15-20-11-14-24(39-20)22-7-6-8-23(17(22)3)33(36)37/h6-16,27H,1-5H3/b25-15-/t27-/m1/s1. The molecular formula is C30H27N3O6S2. The molecule has 1 aliphatic heterocycles. The molecule has 210 valence electrons. The maximum Gasteiger partial charge on any atom is 0.338 e. The summed E-state index contributed by atoms with van der Waals surface area (Å²) in [6.07, 6.45) is 3.27. The highest BCUT2D eigenvalue weighted by atomic mass is 32.2. The molecule has 0 saturated carbocycles. The molecule has 0 bridgehead atoms. The number of nitro groups is 1. The van der Waals surface area contributed by atoms with Gasteiger partial charge in [0.05, 0.1) is 32.9 Å². The number of nitrogens with zero attached hydrogens (tertiary/aromatic N) is 3. The van der Waals surface area contributed by atoms with Gasteiger partial charge in [0.25, 0.3) is 11.2 Å². The van der Waals surface area contributed by atoms with Crippen LogP contribution in [0.5, 0.6) is 0 Å². The van der Waals surface area contributed by atoms with Crippen molar-refractivity contribution < 1.29 is 18.9 Å². The van der Waals surface area contributed by atoms with E-state index in [0.29, 0.717) is 43.3 Å². The average Bonchev–Trinajstić information content (AvgIpc) is 3.51. The van der Waals surface area contributed by atoms with Gasteiger partial charge in [-0.1, -0.05) is 35.6 Å². The van der Waals surface area contributed by atoms with Crippen LogP contribution in [0.25, 0.3) is 17.4 Å². The predicted molar refractivity (Wildman–Crippen MR) is 159 cm³/mol. The first-order valence-electron chi connectivity index (χ1n) is 12.8. The number of nitro benzene ring substituents is 1. The molecule has 41 heavy (non-hydrogen) atoms. The number of furan rings is 1. The van der Waals surface area contributed by atoms with E-state index in [1.807, 2.05) is 30.5 Å². The van der Waals surface area contributed by atoms with E-state index in [9.17, 15) is 19.7 Å². The minimum Gasteiger partial charge on any atom is -0.459 e. The van der Waals surface area contributed by atoms with Crippen LogP contribution >= 0.6 is 23.1 Å². The number of thiazole rings is 1. The molecule has 0 unspecified atom stereocenters. The van der Waals surface area contributed by atoms with Crippen LogP contribution in [-0.2, 0) is 9.53 Å². The lowest BCUT2D eigenvalue weighted by Gasteiger charge is -2.25. The first-order valence-corrected chi connectivity index (χ1v) is 14.8. The minimum atomic E-state index is -0.713. The molecule has 2 aromatic carbocycles. The molecule has 11 heteroatoms. The zero-order valence-corrected chi connectivity index (χ0v) is 24.7. The maximum absolute atomic E-state index is 13.9. The molecule has 0 fully saturated rings. The highest BCUT2D eigenvalue weighted by Crippen LogP contribution is 2.33. The first kappa shape index (κ1) is 28.3. The first-order chi connectivity index (χ1) is 19.6. The fraction of sp³-hybridized carbons (Fsp3) is 0.233. The Hall–Kier alpha value is -4.22. The van der Waals surface area contributed by atoms with Crippen LogP contribution in [-0.4, -0.2) is 27.8 Å². The zero-order chi connectivity index (χ0) is 29.4. The monoisotopic (exact) mass is 589 g/mol. The van der Waals surface area contributed by atoms with E-state index in [1.54, 1.807) is 69.8 Å². The lowest BCUT2D eigenvalue weighted by molar-refractivity contribution is -0.385. The third kappa shape index (κ3) is 5.42. The van der Waals surface area contributed by atoms with Gasteiger partial charge in [-0.15, -0.1) is 11.8 Å². The van der Waals surface area contributed by atoms with Gasteiger partial charge in [0.15, 0.2) is 4.80 Å². The van der Waals surface area contributed by atoms with E-state index in [4.69, 9.17) is 9.15 Å². The normalized spacial score (nSPS) is 15.2. The lowest BCUT2D eigenvalue weighted by Crippen LogP contribution is -2.40. The maximum atomic E-state index is 13.9. The van der Waals surface area contributed by atoms with Crippen molar-refractivity contribution in [1.82, 2.24) is 4.57 Å². The third-order valence-corrected chi connectivity index (χ3v) is 8.41. The second kappa shape index (κ2) is 11.3. The molecule has 2 aromatic heterocycles. The zero-order valence-electron chi connectivity index (χ0n) is 23.0. The number of hydrogen-bond acceptors (Lipinski definition) is 9. The van der Waals surface area contributed by atoms with Crippen LogP contribution in [0, 0.1) is 17.0 Å². The molecule has 0 amide bonds. The lowest BCUT2D eigenvalue weighted by atomic mass is 9.96. The van der Waals surface area contributed by atoms with Crippen molar-refractivity contribution >= 4 is 40.8 Å². The number of ether oxygens (including phenoxy) is 1. The van der Waals surface area contributed by atoms with Crippen LogP contribution in [0.3, 0.4) is 0 Å². The molecule has 0 radical (unpaired) electrons. The summed E-state index contributed by atoms with van der Waals surface area (Å²) < 4.78 is 13.5. The highest BCUT2D eigenvalue weighted by Gasteiger charge is 2.33. The van der Waals surface area contributed by atoms with Crippen molar-refractivity contribution in [3.05, 3.63) is 113 Å². The van der Waals surface area contributed by atoms with E-state index in [0.717, 1.165) is 10.5 Å². The summed E-state index contributed by atoms with van der Waals surface area (Å²) in [5.74, 6) is 0.344. The number of esters is 1. The fourth-order valence-electron chi connectivity index (χ4n) is 4.75. The highest BCUT2D eigenvalue weighted by molar-refractivity contribution is 7.98. The van der Waals surface area contributed by atoms with Gasteiger partial charge < -0.3 is 9.15 Å². The molecule has 0 saturated heterocycles. The molecule has 5 rings (SSSR count). The van der Waals surface area contributed by atoms with Crippen LogP contribution in [0.1, 0.15) is 43.7 Å². The summed E-state index contributed by atoms with van der Waals surface area (Å²) in [7, 11) is 0. The number of thioether (sulfide) groups is 1. The van der Waals surface area contributed by atoms with Gasteiger partial charge in [-0.2, -0.15) is 0 Å².